The van der Waals surface area contributed by atoms with Gasteiger partial charge in [-0.2, -0.15) is 0 Å². The Morgan fingerprint density at radius 3 is 2.60 bits per heavy atom. The Morgan fingerprint density at radius 2 is 2.00 bits per heavy atom. The Bertz CT molecular complexity index is 555. The largest absolute Gasteiger partial charge is 0.369 e. The van der Waals surface area contributed by atoms with Crippen LogP contribution in [0.4, 0.5) is 5.82 Å². The van der Waals surface area contributed by atoms with E-state index in [1.165, 1.54) is 4.88 Å². The standard InChI is InChI=1S/C15H22ClN3S/c1-4-11-7-12-13(18-10-19-14(12)20-11)17-9-15(5-2,6-3)8-16/h7,10H,4-6,8-9H2,1-3H3,(H,17,18,19). The molecule has 3 nitrogen and oxygen atoms in total. The first-order valence-corrected chi connectivity index (χ1v) is 8.56. The molecule has 1 N–H and O–H groups in total. The zero-order valence-corrected chi connectivity index (χ0v) is 13.9. The van der Waals surface area contributed by atoms with Gasteiger partial charge in [-0.05, 0) is 25.3 Å². The van der Waals surface area contributed by atoms with E-state index in [0.29, 0.717) is 5.88 Å². The fourth-order valence-corrected chi connectivity index (χ4v) is 3.64. The molecule has 110 valence electrons. The lowest BCUT2D eigenvalue weighted by Crippen LogP contribution is -2.30. The number of hydrogen-bond acceptors (Lipinski definition) is 4. The van der Waals surface area contributed by atoms with Crippen LogP contribution in [0.1, 0.15) is 38.5 Å². The van der Waals surface area contributed by atoms with Gasteiger partial charge in [-0.25, -0.2) is 9.97 Å². The van der Waals surface area contributed by atoms with Gasteiger partial charge in [0.2, 0.25) is 0 Å². The topological polar surface area (TPSA) is 37.8 Å². The lowest BCUT2D eigenvalue weighted by Gasteiger charge is -2.29. The van der Waals surface area contributed by atoms with Crippen LogP contribution in [0.15, 0.2) is 12.4 Å². The summed E-state index contributed by atoms with van der Waals surface area (Å²) in [6, 6.07) is 2.20. The highest BCUT2D eigenvalue weighted by atomic mass is 35.5. The number of aryl methyl sites for hydroxylation is 1. The Balaban J connectivity index is 2.23. The molecule has 0 amide bonds. The van der Waals surface area contributed by atoms with E-state index in [2.05, 4.69) is 42.1 Å². The molecular formula is C15H22ClN3S. The second kappa shape index (κ2) is 6.72. The maximum atomic E-state index is 6.16. The first-order chi connectivity index (χ1) is 9.68. The second-order valence-corrected chi connectivity index (χ2v) is 6.58. The predicted octanol–water partition coefficient (Wildman–Crippen LogP) is 4.71. The second-order valence-electron chi connectivity index (χ2n) is 5.20. The smallest absolute Gasteiger partial charge is 0.138 e. The highest BCUT2D eigenvalue weighted by Crippen LogP contribution is 2.31. The Labute approximate surface area is 129 Å². The molecule has 0 bridgehead atoms. The average molecular weight is 312 g/mol. The van der Waals surface area contributed by atoms with Gasteiger partial charge in [0.1, 0.15) is 17.0 Å². The van der Waals surface area contributed by atoms with Crippen LogP contribution in [0.2, 0.25) is 0 Å². The van der Waals surface area contributed by atoms with E-state index in [-0.39, 0.29) is 5.41 Å². The number of nitrogens with one attached hydrogen (secondary N) is 1. The summed E-state index contributed by atoms with van der Waals surface area (Å²) in [5.41, 5.74) is 0.141. The molecule has 0 unspecified atom stereocenters. The van der Waals surface area contributed by atoms with Gasteiger partial charge in [-0.15, -0.1) is 22.9 Å². The van der Waals surface area contributed by atoms with E-state index in [1.807, 2.05) is 0 Å². The summed E-state index contributed by atoms with van der Waals surface area (Å²) in [5.74, 6) is 1.60. The average Bonchev–Trinajstić information content (AvgIpc) is 2.93. The lowest BCUT2D eigenvalue weighted by molar-refractivity contribution is 0.326. The van der Waals surface area contributed by atoms with E-state index in [0.717, 1.165) is 41.8 Å². The molecule has 0 atom stereocenters. The van der Waals surface area contributed by atoms with E-state index < -0.39 is 0 Å². The number of rotatable bonds is 7. The van der Waals surface area contributed by atoms with Gasteiger partial charge in [0.15, 0.2) is 0 Å². The first kappa shape index (κ1) is 15.5. The van der Waals surface area contributed by atoms with E-state index in [4.69, 9.17) is 11.6 Å². The van der Waals surface area contributed by atoms with Crippen molar-refractivity contribution in [2.75, 3.05) is 17.7 Å². The van der Waals surface area contributed by atoms with Crippen LogP contribution in [-0.2, 0) is 6.42 Å². The van der Waals surface area contributed by atoms with E-state index >= 15 is 0 Å². The zero-order valence-electron chi connectivity index (χ0n) is 12.4. The number of fused-ring (bicyclic) bond motifs is 1. The summed E-state index contributed by atoms with van der Waals surface area (Å²) in [6.45, 7) is 7.41. The molecule has 0 aliphatic heterocycles. The van der Waals surface area contributed by atoms with Crippen LogP contribution >= 0.6 is 22.9 Å². The Kier molecular flexibility index (Phi) is 5.22. The Hall–Kier alpha value is -0.870. The fraction of sp³-hybridized carbons (Fsp3) is 0.600. The van der Waals surface area contributed by atoms with Crippen molar-refractivity contribution in [3.05, 3.63) is 17.3 Å². The zero-order chi connectivity index (χ0) is 14.6. The predicted molar refractivity (Wildman–Crippen MR) is 89.0 cm³/mol. The molecule has 2 heterocycles. The van der Waals surface area contributed by atoms with Gasteiger partial charge in [0.25, 0.3) is 0 Å². The maximum Gasteiger partial charge on any atom is 0.138 e. The maximum absolute atomic E-state index is 6.16. The number of thiophene rings is 1. The number of halogens is 1. The molecule has 0 radical (unpaired) electrons. The van der Waals surface area contributed by atoms with Crippen molar-refractivity contribution in [2.24, 2.45) is 5.41 Å². The van der Waals surface area contributed by atoms with Crippen molar-refractivity contribution in [3.63, 3.8) is 0 Å². The van der Waals surface area contributed by atoms with Gasteiger partial charge in [0.05, 0.1) is 5.39 Å². The molecule has 0 saturated heterocycles. The monoisotopic (exact) mass is 311 g/mol. The number of anilines is 1. The highest BCUT2D eigenvalue weighted by Gasteiger charge is 2.25. The van der Waals surface area contributed by atoms with Crippen LogP contribution in [0, 0.1) is 5.41 Å². The van der Waals surface area contributed by atoms with Gasteiger partial charge in [0, 0.05) is 22.7 Å². The molecule has 0 aliphatic rings. The normalized spacial score (nSPS) is 12.0. The quantitative estimate of drug-likeness (QED) is 0.752. The summed E-state index contributed by atoms with van der Waals surface area (Å²) in [6.07, 6.45) is 4.81. The van der Waals surface area contributed by atoms with Crippen molar-refractivity contribution in [1.82, 2.24) is 9.97 Å². The molecule has 20 heavy (non-hydrogen) atoms. The number of nitrogens with zero attached hydrogens (tertiary/aromatic N) is 2. The molecule has 0 spiro atoms. The highest BCUT2D eigenvalue weighted by molar-refractivity contribution is 7.18. The van der Waals surface area contributed by atoms with Gasteiger partial charge in [-0.3, -0.25) is 0 Å². The van der Waals surface area contributed by atoms with Gasteiger partial charge >= 0.3 is 0 Å². The summed E-state index contributed by atoms with van der Waals surface area (Å²) >= 11 is 7.91. The third-order valence-electron chi connectivity index (χ3n) is 4.14. The summed E-state index contributed by atoms with van der Waals surface area (Å²) < 4.78 is 0. The first-order valence-electron chi connectivity index (χ1n) is 7.21. The van der Waals surface area contributed by atoms with Crippen LogP contribution in [0.3, 0.4) is 0 Å². The lowest BCUT2D eigenvalue weighted by atomic mass is 9.84. The SMILES string of the molecule is CCc1cc2c(NCC(CC)(CC)CCl)ncnc2s1. The number of hydrogen-bond donors (Lipinski definition) is 1. The minimum absolute atomic E-state index is 0.141. The van der Waals surface area contributed by atoms with Gasteiger partial charge in [-0.1, -0.05) is 20.8 Å². The molecule has 5 heteroatoms. The van der Waals surface area contributed by atoms with Crippen LogP contribution in [0.25, 0.3) is 10.2 Å². The molecule has 0 saturated carbocycles. The summed E-state index contributed by atoms with van der Waals surface area (Å²) in [7, 11) is 0. The van der Waals surface area contributed by atoms with Crippen molar-refractivity contribution in [2.45, 2.75) is 40.0 Å². The fourth-order valence-electron chi connectivity index (χ4n) is 2.23. The minimum atomic E-state index is 0.141. The summed E-state index contributed by atoms with van der Waals surface area (Å²) in [5, 5.41) is 4.62. The van der Waals surface area contributed by atoms with Crippen molar-refractivity contribution in [3.8, 4) is 0 Å². The van der Waals surface area contributed by atoms with Gasteiger partial charge < -0.3 is 5.32 Å². The molecule has 2 aromatic heterocycles. The number of aromatic nitrogens is 2. The molecule has 0 fully saturated rings. The van der Waals surface area contributed by atoms with Crippen LogP contribution in [-0.4, -0.2) is 22.4 Å². The van der Waals surface area contributed by atoms with Crippen molar-refractivity contribution >= 4 is 39.0 Å². The Morgan fingerprint density at radius 1 is 1.25 bits per heavy atom. The van der Waals surface area contributed by atoms with E-state index in [9.17, 15) is 0 Å². The van der Waals surface area contributed by atoms with Crippen molar-refractivity contribution < 1.29 is 0 Å². The van der Waals surface area contributed by atoms with Crippen molar-refractivity contribution in [1.29, 1.82) is 0 Å². The molecule has 2 rings (SSSR count). The molecule has 0 aromatic carbocycles. The molecule has 2 aromatic rings. The number of alkyl halides is 1. The van der Waals surface area contributed by atoms with Crippen LogP contribution in [0.5, 0.6) is 0 Å². The third-order valence-corrected chi connectivity index (χ3v) is 5.90. The summed E-state index contributed by atoms with van der Waals surface area (Å²) in [4.78, 5) is 11.2. The molecule has 0 aliphatic carbocycles. The minimum Gasteiger partial charge on any atom is -0.369 e. The van der Waals surface area contributed by atoms with E-state index in [1.54, 1.807) is 17.7 Å². The third kappa shape index (κ3) is 3.07. The van der Waals surface area contributed by atoms with Crippen LogP contribution < -0.4 is 5.32 Å². The molecular weight excluding hydrogens is 290 g/mol.